The number of carbonyl (C=O) groups is 2. The van der Waals surface area contributed by atoms with Crippen molar-refractivity contribution in [2.75, 3.05) is 12.4 Å². The Kier molecular flexibility index (Phi) is 4.55. The Bertz CT molecular complexity index is 808. The largest absolute Gasteiger partial charge is 0.481 e. The second-order valence-electron chi connectivity index (χ2n) is 4.51. The molecule has 2 heterocycles. The Morgan fingerprint density at radius 2 is 2.09 bits per heavy atom. The van der Waals surface area contributed by atoms with Crippen molar-refractivity contribution in [3.05, 3.63) is 27.2 Å². The fourth-order valence-corrected chi connectivity index (χ4v) is 3.00. The Labute approximate surface area is 129 Å². The highest BCUT2D eigenvalue weighted by Gasteiger charge is 2.24. The molecule has 2 aromatic heterocycles. The maximum Gasteiger partial charge on any atom is 0.340 e. The predicted octanol–water partition coefficient (Wildman–Crippen LogP) is 0.993. The first-order chi connectivity index (χ1) is 10.4. The molecule has 0 bridgehead atoms. The number of aryl methyl sites for hydroxylation is 2. The van der Waals surface area contributed by atoms with Crippen LogP contribution in [0.4, 0.5) is 0 Å². The van der Waals surface area contributed by atoms with Crippen LogP contribution in [0.5, 0.6) is 0 Å². The lowest BCUT2D eigenvalue weighted by atomic mass is 10.1. The third-order valence-corrected chi connectivity index (χ3v) is 4.04. The van der Waals surface area contributed by atoms with Gasteiger partial charge in [-0.1, -0.05) is 11.8 Å². The number of nitrogens with zero attached hydrogens (tertiary/aromatic N) is 2. The van der Waals surface area contributed by atoms with E-state index in [1.54, 1.807) is 20.8 Å². The smallest absolute Gasteiger partial charge is 0.340 e. The second kappa shape index (κ2) is 6.22. The summed E-state index contributed by atoms with van der Waals surface area (Å²) in [6, 6.07) is 0. The van der Waals surface area contributed by atoms with Crippen molar-refractivity contribution < 1.29 is 19.4 Å². The van der Waals surface area contributed by atoms with E-state index >= 15 is 0 Å². The Morgan fingerprint density at radius 3 is 2.68 bits per heavy atom. The van der Waals surface area contributed by atoms with Gasteiger partial charge in [0.1, 0.15) is 5.52 Å². The maximum absolute atomic E-state index is 12.1. The van der Waals surface area contributed by atoms with E-state index in [0.717, 1.165) is 11.8 Å². The molecule has 0 aliphatic rings. The highest BCUT2D eigenvalue weighted by Crippen LogP contribution is 2.25. The summed E-state index contributed by atoms with van der Waals surface area (Å²) >= 11 is 0.958. The fourth-order valence-electron chi connectivity index (χ4n) is 2.28. The zero-order chi connectivity index (χ0) is 16.4. The number of hydrogen-bond donors (Lipinski definition) is 2. The minimum Gasteiger partial charge on any atom is -0.481 e. The van der Waals surface area contributed by atoms with Crippen molar-refractivity contribution >= 4 is 29.2 Å². The topological polar surface area (TPSA) is 114 Å². The van der Waals surface area contributed by atoms with Gasteiger partial charge >= 0.3 is 11.9 Å². The highest BCUT2D eigenvalue weighted by atomic mass is 32.2. The summed E-state index contributed by atoms with van der Waals surface area (Å²) in [7, 11) is 0. The number of carboxylic acids is 1. The zero-order valence-electron chi connectivity index (χ0n) is 12.3. The van der Waals surface area contributed by atoms with Gasteiger partial charge in [-0.15, -0.1) is 5.10 Å². The van der Waals surface area contributed by atoms with E-state index in [9.17, 15) is 14.4 Å². The van der Waals surface area contributed by atoms with Gasteiger partial charge in [-0.25, -0.2) is 9.89 Å². The average Bonchev–Trinajstić information content (AvgIpc) is 2.71. The van der Waals surface area contributed by atoms with Crippen LogP contribution in [0.2, 0.25) is 0 Å². The average molecular weight is 325 g/mol. The van der Waals surface area contributed by atoms with E-state index < -0.39 is 17.5 Å². The zero-order valence-corrected chi connectivity index (χ0v) is 13.1. The molecule has 0 amide bonds. The minimum atomic E-state index is -1.00. The van der Waals surface area contributed by atoms with Gasteiger partial charge in [-0.3, -0.25) is 14.0 Å². The van der Waals surface area contributed by atoms with E-state index in [1.165, 1.54) is 4.40 Å². The molecule has 2 rings (SSSR count). The first-order valence-corrected chi connectivity index (χ1v) is 7.49. The van der Waals surface area contributed by atoms with Crippen LogP contribution in [0.15, 0.2) is 9.95 Å². The van der Waals surface area contributed by atoms with Crippen LogP contribution in [0.3, 0.4) is 0 Å². The molecule has 0 aromatic carbocycles. The number of aliphatic carboxylic acids is 1. The molecular weight excluding hydrogens is 310 g/mol. The molecule has 0 radical (unpaired) electrons. The summed E-state index contributed by atoms with van der Waals surface area (Å²) in [5.41, 5.74) is 1.10. The van der Waals surface area contributed by atoms with E-state index in [2.05, 4.69) is 10.2 Å². The maximum atomic E-state index is 12.1. The van der Waals surface area contributed by atoms with Crippen LogP contribution in [-0.2, 0) is 9.53 Å². The molecule has 0 saturated heterocycles. The minimum absolute atomic E-state index is 0.209. The number of aromatic nitrogens is 3. The number of fused-ring (bicyclic) bond motifs is 1. The Balaban J connectivity index is 2.69. The summed E-state index contributed by atoms with van der Waals surface area (Å²) in [5.74, 6) is -1.73. The van der Waals surface area contributed by atoms with Gasteiger partial charge in [-0.05, 0) is 26.3 Å². The van der Waals surface area contributed by atoms with E-state index in [4.69, 9.17) is 9.84 Å². The lowest BCUT2D eigenvalue weighted by Gasteiger charge is -2.05. The molecule has 0 fully saturated rings. The van der Waals surface area contributed by atoms with Crippen LogP contribution < -0.4 is 5.56 Å². The number of ether oxygens (including phenoxy) is 1. The monoisotopic (exact) mass is 325 g/mol. The number of rotatable bonds is 5. The van der Waals surface area contributed by atoms with Crippen LogP contribution in [0.25, 0.3) is 5.52 Å². The summed E-state index contributed by atoms with van der Waals surface area (Å²) in [4.78, 5) is 34.8. The van der Waals surface area contributed by atoms with Crippen LogP contribution >= 0.6 is 11.8 Å². The van der Waals surface area contributed by atoms with Crippen molar-refractivity contribution in [3.8, 4) is 0 Å². The van der Waals surface area contributed by atoms with Crippen LogP contribution in [0.1, 0.15) is 28.5 Å². The molecule has 9 heteroatoms. The molecule has 0 aliphatic heterocycles. The molecule has 8 nitrogen and oxygen atoms in total. The first kappa shape index (κ1) is 16.1. The molecule has 2 N–H and O–H groups in total. The van der Waals surface area contributed by atoms with E-state index in [1.807, 2.05) is 0 Å². The summed E-state index contributed by atoms with van der Waals surface area (Å²) < 4.78 is 6.51. The number of carboxylic acid groups (broad SMARTS) is 1. The number of H-pyrrole nitrogens is 1. The van der Waals surface area contributed by atoms with Gasteiger partial charge in [0.05, 0.1) is 17.9 Å². The molecule has 0 saturated carbocycles. The highest BCUT2D eigenvalue weighted by molar-refractivity contribution is 7.99. The second-order valence-corrected chi connectivity index (χ2v) is 5.45. The molecule has 0 unspecified atom stereocenters. The van der Waals surface area contributed by atoms with E-state index in [0.29, 0.717) is 22.0 Å². The quantitative estimate of drug-likeness (QED) is 0.622. The summed E-state index contributed by atoms with van der Waals surface area (Å²) in [6.07, 6.45) is 0. The number of esters is 1. The Hall–Kier alpha value is -2.29. The fraction of sp³-hybridized carbons (Fsp3) is 0.385. The van der Waals surface area contributed by atoms with Gasteiger partial charge in [0.2, 0.25) is 0 Å². The predicted molar refractivity (Wildman–Crippen MR) is 79.6 cm³/mol. The first-order valence-electron chi connectivity index (χ1n) is 6.50. The third-order valence-electron chi connectivity index (χ3n) is 3.11. The molecule has 118 valence electrons. The van der Waals surface area contributed by atoms with Crippen LogP contribution in [0, 0.1) is 13.8 Å². The molecule has 0 spiro atoms. The normalized spacial score (nSPS) is 10.9. The Morgan fingerprint density at radius 1 is 1.41 bits per heavy atom. The van der Waals surface area contributed by atoms with Crippen molar-refractivity contribution in [2.24, 2.45) is 0 Å². The third kappa shape index (κ3) is 2.71. The molecule has 2 aromatic rings. The van der Waals surface area contributed by atoms with Crippen molar-refractivity contribution in [1.82, 2.24) is 14.6 Å². The van der Waals surface area contributed by atoms with Crippen LogP contribution in [-0.4, -0.2) is 44.0 Å². The summed E-state index contributed by atoms with van der Waals surface area (Å²) in [5, 5.41) is 15.3. The van der Waals surface area contributed by atoms with Crippen molar-refractivity contribution in [2.45, 2.75) is 25.9 Å². The lowest BCUT2D eigenvalue weighted by molar-refractivity contribution is -0.133. The number of nitrogens with one attached hydrogen (secondary N) is 1. The molecule has 22 heavy (non-hydrogen) atoms. The summed E-state index contributed by atoms with van der Waals surface area (Å²) in [6.45, 7) is 5.23. The SMILES string of the molecule is CCOC(=O)c1c(C)c2c(=O)[nH]nc(SCC(=O)O)n2c1C. The number of thioether (sulfide) groups is 1. The van der Waals surface area contributed by atoms with Gasteiger partial charge in [0.25, 0.3) is 5.56 Å². The lowest BCUT2D eigenvalue weighted by Crippen LogP contribution is -2.15. The van der Waals surface area contributed by atoms with Crippen molar-refractivity contribution in [3.63, 3.8) is 0 Å². The van der Waals surface area contributed by atoms with Crippen molar-refractivity contribution in [1.29, 1.82) is 0 Å². The standard InChI is InChI=1S/C13H15N3O5S/c1-4-21-12(20)9-6(2)10-11(19)14-15-13(16(10)7(9)3)22-5-8(17)18/h4-5H2,1-3H3,(H,14,19)(H,17,18). The molecular formula is C13H15N3O5S. The van der Waals surface area contributed by atoms with Gasteiger partial charge in [0, 0.05) is 5.69 Å². The molecule has 0 atom stereocenters. The number of hydrogen-bond acceptors (Lipinski definition) is 6. The van der Waals surface area contributed by atoms with E-state index in [-0.39, 0.29) is 17.9 Å². The number of carbonyl (C=O) groups excluding carboxylic acids is 1. The molecule has 0 aliphatic carbocycles. The van der Waals surface area contributed by atoms with Gasteiger partial charge in [-0.2, -0.15) is 0 Å². The van der Waals surface area contributed by atoms with Gasteiger partial charge < -0.3 is 9.84 Å². The number of aromatic amines is 1. The van der Waals surface area contributed by atoms with Gasteiger partial charge in [0.15, 0.2) is 5.16 Å².